The van der Waals surface area contributed by atoms with Crippen LogP contribution >= 0.6 is 0 Å². The van der Waals surface area contributed by atoms with Crippen LogP contribution in [0.5, 0.6) is 0 Å². The quantitative estimate of drug-likeness (QED) is 0.696. The molecule has 2 aliphatic rings. The van der Waals surface area contributed by atoms with Gasteiger partial charge in [0.05, 0.1) is 10.8 Å². The number of hydrogen-bond donors (Lipinski definition) is 1. The standard InChI is InChI=1S/C25H33N3O3S/c1-20-6-12-24(13-7-20)32(30,31)28-16-4-5-23(19-28)25(29)26-17-21-8-10-22(11-9-21)18-27-14-2-3-15-27/h6-13,23H,2-5,14-19H2,1H3,(H,26,29)/t23-/m0/s1. The van der Waals surface area contributed by atoms with Crippen LogP contribution in [0.15, 0.2) is 53.4 Å². The number of nitrogens with zero attached hydrogens (tertiary/aromatic N) is 2. The third kappa shape index (κ3) is 5.57. The predicted octanol–water partition coefficient (Wildman–Crippen LogP) is 3.31. The van der Waals surface area contributed by atoms with Crippen LogP contribution in [0.4, 0.5) is 0 Å². The normalized spacial score (nSPS) is 20.3. The van der Waals surface area contributed by atoms with Crippen molar-refractivity contribution in [2.75, 3.05) is 26.2 Å². The topological polar surface area (TPSA) is 69.7 Å². The summed E-state index contributed by atoms with van der Waals surface area (Å²) in [5.74, 6) is -0.395. The molecule has 2 aromatic rings. The molecule has 0 aliphatic carbocycles. The van der Waals surface area contributed by atoms with E-state index in [1.165, 1.54) is 35.8 Å². The summed E-state index contributed by atoms with van der Waals surface area (Å²) in [6.07, 6.45) is 3.97. The molecule has 172 valence electrons. The van der Waals surface area contributed by atoms with E-state index in [9.17, 15) is 13.2 Å². The monoisotopic (exact) mass is 455 g/mol. The minimum Gasteiger partial charge on any atom is -0.352 e. The van der Waals surface area contributed by atoms with Crippen LogP contribution in [-0.2, 0) is 27.9 Å². The van der Waals surface area contributed by atoms with Crippen LogP contribution in [0.3, 0.4) is 0 Å². The van der Waals surface area contributed by atoms with E-state index in [0.717, 1.165) is 17.7 Å². The van der Waals surface area contributed by atoms with Crippen LogP contribution in [0.25, 0.3) is 0 Å². The molecule has 0 spiro atoms. The van der Waals surface area contributed by atoms with Crippen LogP contribution in [0.1, 0.15) is 42.4 Å². The lowest BCUT2D eigenvalue weighted by Gasteiger charge is -2.31. The van der Waals surface area contributed by atoms with Gasteiger partial charge in [-0.05, 0) is 69.0 Å². The van der Waals surface area contributed by atoms with Crippen molar-refractivity contribution in [3.05, 3.63) is 65.2 Å². The molecule has 0 bridgehead atoms. The summed E-state index contributed by atoms with van der Waals surface area (Å²) < 4.78 is 27.4. The van der Waals surface area contributed by atoms with Gasteiger partial charge in [-0.3, -0.25) is 9.69 Å². The van der Waals surface area contributed by atoms with Gasteiger partial charge in [-0.25, -0.2) is 8.42 Å². The van der Waals surface area contributed by atoms with E-state index >= 15 is 0 Å². The van der Waals surface area contributed by atoms with Gasteiger partial charge in [0.15, 0.2) is 0 Å². The minimum absolute atomic E-state index is 0.0741. The third-order valence-corrected chi connectivity index (χ3v) is 8.39. The largest absolute Gasteiger partial charge is 0.352 e. The summed E-state index contributed by atoms with van der Waals surface area (Å²) in [6, 6.07) is 15.3. The fraction of sp³-hybridized carbons (Fsp3) is 0.480. The van der Waals surface area contributed by atoms with E-state index in [1.807, 2.05) is 6.92 Å². The number of amides is 1. The fourth-order valence-corrected chi connectivity index (χ4v) is 6.05. The number of nitrogens with one attached hydrogen (secondary N) is 1. The van der Waals surface area contributed by atoms with Gasteiger partial charge in [0, 0.05) is 26.2 Å². The molecule has 4 rings (SSSR count). The highest BCUT2D eigenvalue weighted by atomic mass is 32.2. The van der Waals surface area contributed by atoms with Gasteiger partial charge in [0.2, 0.25) is 15.9 Å². The Balaban J connectivity index is 1.31. The second kappa shape index (κ2) is 10.1. The maximum Gasteiger partial charge on any atom is 0.243 e. The van der Waals surface area contributed by atoms with Crippen molar-refractivity contribution in [3.8, 4) is 0 Å². The highest BCUT2D eigenvalue weighted by Gasteiger charge is 2.33. The van der Waals surface area contributed by atoms with Crippen molar-refractivity contribution in [2.24, 2.45) is 5.92 Å². The van der Waals surface area contributed by atoms with Crippen molar-refractivity contribution in [1.82, 2.24) is 14.5 Å². The Morgan fingerprint density at radius 2 is 1.59 bits per heavy atom. The maximum absolute atomic E-state index is 13.0. The van der Waals surface area contributed by atoms with E-state index in [-0.39, 0.29) is 23.3 Å². The second-order valence-electron chi connectivity index (χ2n) is 9.03. The molecular weight excluding hydrogens is 422 g/mol. The third-order valence-electron chi connectivity index (χ3n) is 6.51. The number of carbonyl (C=O) groups is 1. The number of rotatable bonds is 7. The van der Waals surface area contributed by atoms with Gasteiger partial charge >= 0.3 is 0 Å². The van der Waals surface area contributed by atoms with Crippen molar-refractivity contribution in [1.29, 1.82) is 0 Å². The molecule has 2 heterocycles. The van der Waals surface area contributed by atoms with Crippen molar-refractivity contribution in [2.45, 2.75) is 50.6 Å². The molecule has 32 heavy (non-hydrogen) atoms. The lowest BCUT2D eigenvalue weighted by molar-refractivity contribution is -0.126. The first-order chi connectivity index (χ1) is 15.4. The average Bonchev–Trinajstić information content (AvgIpc) is 3.32. The zero-order valence-electron chi connectivity index (χ0n) is 18.8. The highest BCUT2D eigenvalue weighted by Crippen LogP contribution is 2.24. The van der Waals surface area contributed by atoms with Crippen LogP contribution in [0, 0.1) is 12.8 Å². The van der Waals surface area contributed by atoms with E-state index in [1.54, 1.807) is 24.3 Å². The van der Waals surface area contributed by atoms with E-state index < -0.39 is 10.0 Å². The molecule has 7 heteroatoms. The number of benzene rings is 2. The number of aryl methyl sites for hydroxylation is 1. The minimum atomic E-state index is -3.58. The summed E-state index contributed by atoms with van der Waals surface area (Å²) in [7, 11) is -3.58. The van der Waals surface area contributed by atoms with Crippen LogP contribution in [-0.4, -0.2) is 49.7 Å². The Labute approximate surface area is 191 Å². The highest BCUT2D eigenvalue weighted by molar-refractivity contribution is 7.89. The molecule has 0 unspecified atom stereocenters. The van der Waals surface area contributed by atoms with Crippen molar-refractivity contribution in [3.63, 3.8) is 0 Å². The van der Waals surface area contributed by atoms with Crippen molar-refractivity contribution >= 4 is 15.9 Å². The molecule has 2 aliphatic heterocycles. The molecule has 1 atom stereocenters. The summed E-state index contributed by atoms with van der Waals surface area (Å²) in [5.41, 5.74) is 3.37. The summed E-state index contributed by atoms with van der Waals surface area (Å²) in [4.78, 5) is 15.5. The van der Waals surface area contributed by atoms with Gasteiger partial charge in [-0.1, -0.05) is 42.0 Å². The summed E-state index contributed by atoms with van der Waals surface area (Å²) in [5, 5.41) is 3.01. The molecule has 0 aromatic heterocycles. The van der Waals surface area contributed by atoms with Gasteiger partial charge in [0.1, 0.15) is 0 Å². The molecule has 1 N–H and O–H groups in total. The Kier molecular flexibility index (Phi) is 7.28. The first-order valence-corrected chi connectivity index (χ1v) is 13.0. The van der Waals surface area contributed by atoms with Crippen LogP contribution < -0.4 is 5.32 Å². The Morgan fingerprint density at radius 3 is 2.28 bits per heavy atom. The first-order valence-electron chi connectivity index (χ1n) is 11.6. The molecule has 1 amide bonds. The van der Waals surface area contributed by atoms with Gasteiger partial charge < -0.3 is 5.32 Å². The van der Waals surface area contributed by atoms with Gasteiger partial charge in [0.25, 0.3) is 0 Å². The lowest BCUT2D eigenvalue weighted by Crippen LogP contribution is -2.45. The molecule has 0 saturated carbocycles. The number of likely N-dealkylation sites (tertiary alicyclic amines) is 1. The fourth-order valence-electron chi connectivity index (χ4n) is 4.53. The number of hydrogen-bond acceptors (Lipinski definition) is 4. The number of piperidine rings is 1. The number of carbonyl (C=O) groups excluding carboxylic acids is 1. The SMILES string of the molecule is Cc1ccc(S(=O)(=O)N2CCC[C@H](C(=O)NCc3ccc(CN4CCCC4)cc3)C2)cc1. The van der Waals surface area contributed by atoms with Crippen LogP contribution in [0.2, 0.25) is 0 Å². The van der Waals surface area contributed by atoms with E-state index in [4.69, 9.17) is 0 Å². The summed E-state index contributed by atoms with van der Waals surface area (Å²) in [6.45, 7) is 6.42. The molecule has 2 saturated heterocycles. The van der Waals surface area contributed by atoms with E-state index in [2.05, 4.69) is 34.5 Å². The Bertz CT molecular complexity index is 1010. The second-order valence-corrected chi connectivity index (χ2v) is 11.0. The number of sulfonamides is 1. The van der Waals surface area contributed by atoms with Gasteiger partial charge in [-0.15, -0.1) is 0 Å². The lowest BCUT2D eigenvalue weighted by atomic mass is 9.98. The molecular formula is C25H33N3O3S. The predicted molar refractivity (Wildman–Crippen MR) is 125 cm³/mol. The Hall–Kier alpha value is -2.22. The molecule has 2 aromatic carbocycles. The first kappa shape index (κ1) is 23.0. The van der Waals surface area contributed by atoms with Crippen molar-refractivity contribution < 1.29 is 13.2 Å². The van der Waals surface area contributed by atoms with E-state index in [0.29, 0.717) is 25.9 Å². The zero-order chi connectivity index (χ0) is 22.6. The van der Waals surface area contributed by atoms with Gasteiger partial charge in [-0.2, -0.15) is 4.31 Å². The maximum atomic E-state index is 13.0. The average molecular weight is 456 g/mol. The zero-order valence-corrected chi connectivity index (χ0v) is 19.6. The summed E-state index contributed by atoms with van der Waals surface area (Å²) >= 11 is 0. The Morgan fingerprint density at radius 1 is 0.938 bits per heavy atom. The molecule has 2 fully saturated rings. The molecule has 0 radical (unpaired) electrons. The molecule has 6 nitrogen and oxygen atoms in total. The smallest absolute Gasteiger partial charge is 0.243 e.